The lowest BCUT2D eigenvalue weighted by Crippen LogP contribution is -2.34. The molecule has 1 aliphatic heterocycles. The lowest BCUT2D eigenvalue weighted by Gasteiger charge is -2.25. The number of methoxy groups -OCH3 is 2. The third-order valence-electron chi connectivity index (χ3n) is 7.91. The highest BCUT2D eigenvalue weighted by atomic mass is 16.5. The number of nitrogens with zero attached hydrogens (tertiary/aromatic N) is 4. The zero-order valence-electron chi connectivity index (χ0n) is 25.9. The van der Waals surface area contributed by atoms with Crippen molar-refractivity contribution in [2.45, 2.75) is 59.8 Å². The Morgan fingerprint density at radius 3 is 2.27 bits per heavy atom. The quantitative estimate of drug-likeness (QED) is 0.224. The van der Waals surface area contributed by atoms with Gasteiger partial charge in [-0.15, -0.1) is 0 Å². The number of likely N-dealkylation sites (tertiary alicyclic amines) is 1. The molecule has 41 heavy (non-hydrogen) atoms. The van der Waals surface area contributed by atoms with Crippen LogP contribution in [0.1, 0.15) is 75.7 Å². The summed E-state index contributed by atoms with van der Waals surface area (Å²) in [5, 5.41) is 4.97. The van der Waals surface area contributed by atoms with E-state index in [9.17, 15) is 4.79 Å². The lowest BCUT2D eigenvalue weighted by atomic mass is 10.0. The van der Waals surface area contributed by atoms with Crippen molar-refractivity contribution < 1.29 is 14.3 Å². The Bertz CT molecular complexity index is 1310. The van der Waals surface area contributed by atoms with E-state index in [1.807, 2.05) is 45.9 Å². The summed E-state index contributed by atoms with van der Waals surface area (Å²) in [4.78, 5) is 18.3. The van der Waals surface area contributed by atoms with Gasteiger partial charge < -0.3 is 14.4 Å². The Kier molecular flexibility index (Phi) is 10.9. The highest BCUT2D eigenvalue weighted by molar-refractivity contribution is 5.96. The molecule has 4 rings (SSSR count). The van der Waals surface area contributed by atoms with E-state index in [1.54, 1.807) is 14.2 Å². The van der Waals surface area contributed by atoms with E-state index >= 15 is 0 Å². The minimum Gasteiger partial charge on any atom is -0.493 e. The molecule has 0 atom stereocenters. The van der Waals surface area contributed by atoms with Crippen molar-refractivity contribution in [2.24, 2.45) is 11.8 Å². The van der Waals surface area contributed by atoms with E-state index in [0.717, 1.165) is 67.9 Å². The number of hydrogen-bond donors (Lipinski definition) is 0. The van der Waals surface area contributed by atoms with E-state index in [0.29, 0.717) is 28.9 Å². The summed E-state index contributed by atoms with van der Waals surface area (Å²) >= 11 is 0. The first kappa shape index (κ1) is 30.6. The third kappa shape index (κ3) is 7.91. The van der Waals surface area contributed by atoms with Crippen LogP contribution in [0, 0.1) is 11.8 Å². The van der Waals surface area contributed by atoms with Gasteiger partial charge in [0.2, 0.25) is 0 Å². The Hall–Kier alpha value is -3.32. The summed E-state index contributed by atoms with van der Waals surface area (Å²) in [5.74, 6) is 2.51. The molecule has 1 amide bonds. The van der Waals surface area contributed by atoms with Gasteiger partial charge in [-0.2, -0.15) is 5.10 Å². The molecule has 0 spiro atoms. The van der Waals surface area contributed by atoms with Crippen LogP contribution in [0.2, 0.25) is 0 Å². The van der Waals surface area contributed by atoms with Crippen LogP contribution < -0.4 is 9.47 Å². The summed E-state index contributed by atoms with van der Waals surface area (Å²) < 4.78 is 12.9. The van der Waals surface area contributed by atoms with Gasteiger partial charge in [0.1, 0.15) is 5.69 Å². The predicted octanol–water partition coefficient (Wildman–Crippen LogP) is 7.05. The maximum Gasteiger partial charge on any atom is 0.253 e. The van der Waals surface area contributed by atoms with Crippen molar-refractivity contribution in [1.29, 1.82) is 0 Å². The Balaban J connectivity index is 1.73. The number of pyridine rings is 1. The first-order valence-corrected chi connectivity index (χ1v) is 15.2. The maximum absolute atomic E-state index is 13.8. The van der Waals surface area contributed by atoms with Gasteiger partial charge in [0.05, 0.1) is 19.7 Å². The van der Waals surface area contributed by atoms with E-state index in [4.69, 9.17) is 14.6 Å². The molecular weight excluding hydrogens is 512 g/mol. The zero-order valence-corrected chi connectivity index (χ0v) is 25.9. The maximum atomic E-state index is 13.8. The third-order valence-corrected chi connectivity index (χ3v) is 7.91. The van der Waals surface area contributed by atoms with Gasteiger partial charge in [-0.05, 0) is 80.9 Å². The minimum atomic E-state index is 0.0888. The smallest absolute Gasteiger partial charge is 0.253 e. The van der Waals surface area contributed by atoms with Crippen molar-refractivity contribution in [3.8, 4) is 22.8 Å². The molecule has 1 aliphatic rings. The molecule has 0 bridgehead atoms. The number of fused-ring (bicyclic) bond motifs is 1. The number of rotatable bonds is 13. The monoisotopic (exact) mass is 560 g/mol. The molecule has 3 aromatic rings. The minimum absolute atomic E-state index is 0.0888. The number of carbonyl (C=O) groups excluding carboxylic acids is 1. The molecule has 0 radical (unpaired) electrons. The summed E-state index contributed by atoms with van der Waals surface area (Å²) in [6.45, 7) is 13.6. The Labute approximate surface area is 246 Å². The second-order valence-electron chi connectivity index (χ2n) is 12.0. The normalized spacial score (nSPS) is 14.4. The van der Waals surface area contributed by atoms with Crippen LogP contribution in [-0.2, 0) is 0 Å². The van der Waals surface area contributed by atoms with Crippen molar-refractivity contribution in [2.75, 3.05) is 46.9 Å². The number of piperidine rings is 1. The fourth-order valence-electron chi connectivity index (χ4n) is 5.35. The number of ether oxygens (including phenoxy) is 2. The number of hydrogen-bond acceptors (Lipinski definition) is 5. The van der Waals surface area contributed by atoms with E-state index in [2.05, 4.69) is 44.7 Å². The molecule has 0 N–H and O–H groups in total. The molecule has 0 unspecified atom stereocenters. The van der Waals surface area contributed by atoms with E-state index in [1.165, 1.54) is 19.3 Å². The van der Waals surface area contributed by atoms with Crippen LogP contribution in [0.25, 0.3) is 22.9 Å². The number of benzene rings is 1. The summed E-state index contributed by atoms with van der Waals surface area (Å²) in [7, 11) is 3.29. The van der Waals surface area contributed by atoms with Gasteiger partial charge in [-0.25, -0.2) is 4.52 Å². The highest BCUT2D eigenvalue weighted by Crippen LogP contribution is 2.35. The summed E-state index contributed by atoms with van der Waals surface area (Å²) in [5.41, 5.74) is 4.41. The Morgan fingerprint density at radius 1 is 0.951 bits per heavy atom. The molecule has 7 nitrogen and oxygen atoms in total. The molecule has 0 saturated carbocycles. The van der Waals surface area contributed by atoms with Crippen molar-refractivity contribution in [3.63, 3.8) is 0 Å². The van der Waals surface area contributed by atoms with E-state index < -0.39 is 0 Å². The molecule has 0 aliphatic carbocycles. The first-order valence-electron chi connectivity index (χ1n) is 15.2. The SMILES string of the molecule is COc1ccc(-c2nn3ccc(C(=O)N(CCC(C)C)CCC(C)C)cc3c2/C=C/CN2CCCCC2)cc1OC. The van der Waals surface area contributed by atoms with Crippen LogP contribution in [0.4, 0.5) is 0 Å². The van der Waals surface area contributed by atoms with Crippen LogP contribution in [0.3, 0.4) is 0 Å². The fraction of sp³-hybridized carbons (Fsp3) is 0.529. The van der Waals surface area contributed by atoms with Crippen molar-refractivity contribution >= 4 is 17.5 Å². The average molecular weight is 561 g/mol. The summed E-state index contributed by atoms with van der Waals surface area (Å²) in [6, 6.07) is 9.80. The average Bonchev–Trinajstić information content (AvgIpc) is 3.34. The molecule has 2 aromatic heterocycles. The number of amides is 1. The van der Waals surface area contributed by atoms with Crippen LogP contribution in [-0.4, -0.2) is 72.3 Å². The molecule has 1 saturated heterocycles. The van der Waals surface area contributed by atoms with Crippen LogP contribution in [0.15, 0.2) is 42.6 Å². The second-order valence-corrected chi connectivity index (χ2v) is 12.0. The van der Waals surface area contributed by atoms with Crippen LogP contribution in [0.5, 0.6) is 11.5 Å². The molecule has 222 valence electrons. The largest absolute Gasteiger partial charge is 0.493 e. The molecule has 1 aromatic carbocycles. The van der Waals surface area contributed by atoms with Crippen molar-refractivity contribution in [3.05, 3.63) is 53.7 Å². The highest BCUT2D eigenvalue weighted by Gasteiger charge is 2.20. The molecular formula is C34H48N4O3. The lowest BCUT2D eigenvalue weighted by molar-refractivity contribution is 0.0741. The van der Waals surface area contributed by atoms with Crippen LogP contribution >= 0.6 is 0 Å². The van der Waals surface area contributed by atoms with Gasteiger partial charge in [-0.3, -0.25) is 9.69 Å². The standard InChI is InChI=1S/C34H48N4O3/c1-25(2)14-20-37(21-15-26(3)4)34(39)28-16-22-38-30(23-28)29(11-10-19-36-17-8-7-9-18-36)33(35-38)27-12-13-31(40-5)32(24-27)41-6/h10-13,16,22-26H,7-9,14-15,17-21H2,1-6H3/b11-10+. The molecule has 3 heterocycles. The van der Waals surface area contributed by atoms with Gasteiger partial charge >= 0.3 is 0 Å². The summed E-state index contributed by atoms with van der Waals surface area (Å²) in [6.07, 6.45) is 12.1. The van der Waals surface area contributed by atoms with Crippen molar-refractivity contribution in [1.82, 2.24) is 19.4 Å². The fourth-order valence-corrected chi connectivity index (χ4v) is 5.35. The second kappa shape index (κ2) is 14.5. The first-order chi connectivity index (χ1) is 19.8. The van der Waals surface area contributed by atoms with Gasteiger partial charge in [0, 0.05) is 42.5 Å². The predicted molar refractivity (Wildman–Crippen MR) is 168 cm³/mol. The van der Waals surface area contributed by atoms with Gasteiger partial charge in [0.15, 0.2) is 11.5 Å². The zero-order chi connectivity index (χ0) is 29.4. The van der Waals surface area contributed by atoms with Gasteiger partial charge in [0.25, 0.3) is 5.91 Å². The molecule has 7 heteroatoms. The van der Waals surface area contributed by atoms with Gasteiger partial charge in [-0.1, -0.05) is 46.3 Å². The number of carbonyl (C=O) groups is 1. The molecule has 1 fully saturated rings. The Morgan fingerprint density at radius 2 is 1.63 bits per heavy atom. The topological polar surface area (TPSA) is 59.3 Å². The number of aromatic nitrogens is 2. The van der Waals surface area contributed by atoms with E-state index in [-0.39, 0.29) is 5.91 Å².